The number of amides is 2. The maximum atomic E-state index is 13.6. The molecule has 2 aromatic rings. The Kier molecular flexibility index (Phi) is 3.79. The number of nitrogens with one attached hydrogen (secondary N) is 3. The molecule has 7 heteroatoms. The maximum absolute atomic E-state index is 13.6. The number of H-pyrrole nitrogens is 1. The molecule has 0 spiro atoms. The second-order valence-electron chi connectivity index (χ2n) is 4.27. The fourth-order valence-corrected chi connectivity index (χ4v) is 1.62. The molecular formula is C13H13FN4O2. The summed E-state index contributed by atoms with van der Waals surface area (Å²) in [6, 6.07) is 5.46. The summed E-state index contributed by atoms with van der Waals surface area (Å²) in [5, 5.41) is 11.3. The van der Waals surface area contributed by atoms with Gasteiger partial charge in [0.1, 0.15) is 5.82 Å². The first kappa shape index (κ1) is 13.7. The fourth-order valence-electron chi connectivity index (χ4n) is 1.62. The first-order valence-electron chi connectivity index (χ1n) is 5.86. The third-order valence-electron chi connectivity index (χ3n) is 2.47. The van der Waals surface area contributed by atoms with E-state index in [1.54, 1.807) is 13.0 Å². The van der Waals surface area contributed by atoms with Gasteiger partial charge >= 0.3 is 0 Å². The Morgan fingerprint density at radius 1 is 1.25 bits per heavy atom. The monoisotopic (exact) mass is 276 g/mol. The molecule has 6 nitrogen and oxygen atoms in total. The molecule has 0 aliphatic carbocycles. The number of anilines is 2. The fraction of sp³-hybridized carbons (Fsp3) is 0.154. The molecule has 2 rings (SSSR count). The lowest BCUT2D eigenvalue weighted by Crippen LogP contribution is -2.14. The van der Waals surface area contributed by atoms with Crippen LogP contribution in [0.15, 0.2) is 24.3 Å². The molecule has 0 radical (unpaired) electrons. The Morgan fingerprint density at radius 3 is 2.60 bits per heavy atom. The van der Waals surface area contributed by atoms with Crippen molar-refractivity contribution in [2.45, 2.75) is 13.8 Å². The van der Waals surface area contributed by atoms with Gasteiger partial charge in [0.25, 0.3) is 5.91 Å². The third-order valence-corrected chi connectivity index (χ3v) is 2.47. The van der Waals surface area contributed by atoms with Crippen molar-refractivity contribution in [2.24, 2.45) is 0 Å². The van der Waals surface area contributed by atoms with Crippen molar-refractivity contribution in [3.8, 4) is 0 Å². The highest BCUT2D eigenvalue weighted by atomic mass is 19.1. The van der Waals surface area contributed by atoms with Crippen molar-refractivity contribution in [1.82, 2.24) is 10.2 Å². The minimum atomic E-state index is -0.597. The van der Waals surface area contributed by atoms with E-state index in [0.29, 0.717) is 5.69 Å². The van der Waals surface area contributed by atoms with Crippen LogP contribution in [0.1, 0.15) is 23.1 Å². The summed E-state index contributed by atoms with van der Waals surface area (Å²) in [5.74, 6) is -1.41. The minimum absolute atomic E-state index is 0.0260. The molecule has 1 aromatic carbocycles. The number of carbonyl (C=O) groups is 2. The molecular weight excluding hydrogens is 263 g/mol. The first-order valence-corrected chi connectivity index (χ1v) is 5.86. The molecule has 104 valence electrons. The van der Waals surface area contributed by atoms with Crippen molar-refractivity contribution in [3.05, 3.63) is 41.5 Å². The second kappa shape index (κ2) is 5.52. The number of carbonyl (C=O) groups excluding carboxylic acids is 2. The summed E-state index contributed by atoms with van der Waals surface area (Å²) < 4.78 is 13.6. The predicted octanol–water partition coefficient (Wildman–Crippen LogP) is 2.07. The highest BCUT2D eigenvalue weighted by Gasteiger charge is 2.12. The number of aryl methyl sites for hydroxylation is 1. The van der Waals surface area contributed by atoms with Crippen LogP contribution in [0.4, 0.5) is 15.8 Å². The number of halogens is 1. The molecule has 1 heterocycles. The van der Waals surface area contributed by atoms with Gasteiger partial charge in [-0.2, -0.15) is 5.10 Å². The zero-order chi connectivity index (χ0) is 14.7. The maximum Gasteiger partial charge on any atom is 0.276 e. The number of nitrogens with zero attached hydrogens (tertiary/aromatic N) is 1. The summed E-state index contributed by atoms with van der Waals surface area (Å²) in [7, 11) is 0. The lowest BCUT2D eigenvalue weighted by atomic mass is 10.2. The van der Waals surface area contributed by atoms with E-state index in [4.69, 9.17) is 0 Å². The Hall–Kier alpha value is -2.70. The van der Waals surface area contributed by atoms with Crippen LogP contribution in [-0.2, 0) is 4.79 Å². The summed E-state index contributed by atoms with van der Waals surface area (Å²) in [6.07, 6.45) is 0. The van der Waals surface area contributed by atoms with Crippen LogP contribution < -0.4 is 10.6 Å². The quantitative estimate of drug-likeness (QED) is 0.802. The van der Waals surface area contributed by atoms with Crippen molar-refractivity contribution < 1.29 is 14.0 Å². The number of aromatic amines is 1. The van der Waals surface area contributed by atoms with Gasteiger partial charge in [0, 0.05) is 18.3 Å². The molecule has 0 atom stereocenters. The van der Waals surface area contributed by atoms with E-state index in [9.17, 15) is 14.0 Å². The molecule has 1 aromatic heterocycles. The topological polar surface area (TPSA) is 86.9 Å². The average molecular weight is 276 g/mol. The van der Waals surface area contributed by atoms with E-state index in [1.807, 2.05) is 0 Å². The van der Waals surface area contributed by atoms with Crippen LogP contribution in [0.2, 0.25) is 0 Å². The van der Waals surface area contributed by atoms with Crippen LogP contribution in [0.3, 0.4) is 0 Å². The summed E-state index contributed by atoms with van der Waals surface area (Å²) in [5.41, 5.74) is 1.25. The average Bonchev–Trinajstić information content (AvgIpc) is 2.79. The SMILES string of the molecule is CC(=O)Nc1ccc(F)c(NC(=O)c2cc(C)[nH]n2)c1. The van der Waals surface area contributed by atoms with Gasteiger partial charge in [-0.3, -0.25) is 14.7 Å². The van der Waals surface area contributed by atoms with E-state index in [-0.39, 0.29) is 17.3 Å². The molecule has 0 saturated carbocycles. The van der Waals surface area contributed by atoms with Crippen molar-refractivity contribution >= 4 is 23.2 Å². The molecule has 0 bridgehead atoms. The minimum Gasteiger partial charge on any atom is -0.326 e. The Balaban J connectivity index is 2.19. The van der Waals surface area contributed by atoms with Crippen molar-refractivity contribution in [2.75, 3.05) is 10.6 Å². The summed E-state index contributed by atoms with van der Waals surface area (Å²) >= 11 is 0. The number of aromatic nitrogens is 2. The Bertz CT molecular complexity index is 666. The predicted molar refractivity (Wildman–Crippen MR) is 72.0 cm³/mol. The zero-order valence-corrected chi connectivity index (χ0v) is 11.0. The highest BCUT2D eigenvalue weighted by Crippen LogP contribution is 2.20. The molecule has 3 N–H and O–H groups in total. The van der Waals surface area contributed by atoms with Crippen LogP contribution >= 0.6 is 0 Å². The van der Waals surface area contributed by atoms with Gasteiger partial charge in [0.05, 0.1) is 5.69 Å². The molecule has 0 unspecified atom stereocenters. The Morgan fingerprint density at radius 2 is 2.00 bits per heavy atom. The number of hydrogen-bond acceptors (Lipinski definition) is 3. The van der Waals surface area contributed by atoms with E-state index in [2.05, 4.69) is 20.8 Å². The standard InChI is InChI=1S/C13H13FN4O2/c1-7-5-12(18-17-7)13(20)16-11-6-9(15-8(2)19)3-4-10(11)14/h3-6H,1-2H3,(H,15,19)(H,16,20)(H,17,18). The number of rotatable bonds is 3. The van der Waals surface area contributed by atoms with Gasteiger partial charge < -0.3 is 10.6 Å². The molecule has 0 saturated heterocycles. The van der Waals surface area contributed by atoms with Gasteiger partial charge in [-0.15, -0.1) is 0 Å². The highest BCUT2D eigenvalue weighted by molar-refractivity contribution is 6.03. The molecule has 20 heavy (non-hydrogen) atoms. The van der Waals surface area contributed by atoms with Crippen molar-refractivity contribution in [1.29, 1.82) is 0 Å². The van der Waals surface area contributed by atoms with Gasteiger partial charge in [0.15, 0.2) is 5.69 Å². The van der Waals surface area contributed by atoms with Gasteiger partial charge in [-0.05, 0) is 31.2 Å². The lowest BCUT2D eigenvalue weighted by molar-refractivity contribution is -0.114. The first-order chi connectivity index (χ1) is 9.45. The van der Waals surface area contributed by atoms with Gasteiger partial charge in [-0.1, -0.05) is 0 Å². The van der Waals surface area contributed by atoms with E-state index in [1.165, 1.54) is 19.1 Å². The van der Waals surface area contributed by atoms with Crippen LogP contribution in [-0.4, -0.2) is 22.0 Å². The normalized spacial score (nSPS) is 10.2. The van der Waals surface area contributed by atoms with Crippen LogP contribution in [0, 0.1) is 12.7 Å². The van der Waals surface area contributed by atoms with E-state index in [0.717, 1.165) is 11.8 Å². The van der Waals surface area contributed by atoms with Crippen LogP contribution in [0.5, 0.6) is 0 Å². The van der Waals surface area contributed by atoms with Gasteiger partial charge in [-0.25, -0.2) is 4.39 Å². The second-order valence-corrected chi connectivity index (χ2v) is 4.27. The molecule has 0 aliphatic heterocycles. The number of hydrogen-bond donors (Lipinski definition) is 3. The molecule has 2 amide bonds. The largest absolute Gasteiger partial charge is 0.326 e. The smallest absolute Gasteiger partial charge is 0.276 e. The number of benzene rings is 1. The summed E-state index contributed by atoms with van der Waals surface area (Å²) in [6.45, 7) is 3.09. The van der Waals surface area contributed by atoms with E-state index >= 15 is 0 Å². The van der Waals surface area contributed by atoms with Crippen molar-refractivity contribution in [3.63, 3.8) is 0 Å². The molecule has 0 fully saturated rings. The van der Waals surface area contributed by atoms with Gasteiger partial charge in [0.2, 0.25) is 5.91 Å². The third kappa shape index (κ3) is 3.19. The Labute approximate surface area is 114 Å². The summed E-state index contributed by atoms with van der Waals surface area (Å²) in [4.78, 5) is 22.8. The molecule has 0 aliphatic rings. The lowest BCUT2D eigenvalue weighted by Gasteiger charge is -2.08. The zero-order valence-electron chi connectivity index (χ0n) is 11.0. The van der Waals surface area contributed by atoms with E-state index < -0.39 is 11.7 Å². The van der Waals surface area contributed by atoms with Crippen LogP contribution in [0.25, 0.3) is 0 Å².